The van der Waals surface area contributed by atoms with Gasteiger partial charge in [0.25, 0.3) is 0 Å². The zero-order valence-electron chi connectivity index (χ0n) is 14.9. The molecule has 6 heteroatoms. The molecule has 0 saturated heterocycles. The first-order valence-electron chi connectivity index (χ1n) is 8.36. The number of methoxy groups -OCH3 is 1. The molecule has 0 aliphatic carbocycles. The molecule has 0 bridgehead atoms. The van der Waals surface area contributed by atoms with Gasteiger partial charge >= 0.3 is 0 Å². The van der Waals surface area contributed by atoms with E-state index in [0.29, 0.717) is 24.9 Å². The minimum absolute atomic E-state index is 0.522. The summed E-state index contributed by atoms with van der Waals surface area (Å²) in [7, 11) is 3.40. The molecule has 1 heterocycles. The lowest BCUT2D eigenvalue weighted by Gasteiger charge is -2.11. The normalized spacial score (nSPS) is 11.2. The number of benzene rings is 2. The first kappa shape index (κ1) is 17.5. The summed E-state index contributed by atoms with van der Waals surface area (Å²) in [5, 5.41) is 6.51. The van der Waals surface area contributed by atoms with Crippen LogP contribution in [0.2, 0.25) is 0 Å². The largest absolute Gasteiger partial charge is 0.497 e. The van der Waals surface area contributed by atoms with Crippen molar-refractivity contribution >= 4 is 5.96 Å². The number of guanidine groups is 1. The van der Waals surface area contributed by atoms with Gasteiger partial charge in [0, 0.05) is 19.2 Å². The van der Waals surface area contributed by atoms with E-state index in [1.165, 1.54) is 0 Å². The van der Waals surface area contributed by atoms with Gasteiger partial charge in [-0.3, -0.25) is 4.99 Å². The topological polar surface area (TPSA) is 71.7 Å². The first-order chi connectivity index (χ1) is 12.8. The van der Waals surface area contributed by atoms with E-state index in [4.69, 9.17) is 9.15 Å². The molecule has 6 nitrogen and oxygen atoms in total. The third kappa shape index (κ3) is 4.63. The van der Waals surface area contributed by atoms with Crippen LogP contribution in [0.5, 0.6) is 5.75 Å². The minimum atomic E-state index is 0.522. The highest BCUT2D eigenvalue weighted by atomic mass is 16.5. The third-order valence-electron chi connectivity index (χ3n) is 3.83. The Morgan fingerprint density at radius 3 is 2.65 bits per heavy atom. The van der Waals surface area contributed by atoms with Crippen LogP contribution in [0.1, 0.15) is 11.3 Å². The van der Waals surface area contributed by atoms with Crippen molar-refractivity contribution in [2.45, 2.75) is 13.1 Å². The van der Waals surface area contributed by atoms with Crippen molar-refractivity contribution in [1.29, 1.82) is 0 Å². The average Bonchev–Trinajstić information content (AvgIpc) is 3.18. The fourth-order valence-corrected chi connectivity index (χ4v) is 2.46. The number of nitrogens with one attached hydrogen (secondary N) is 2. The van der Waals surface area contributed by atoms with Crippen LogP contribution in [0.15, 0.2) is 70.3 Å². The van der Waals surface area contributed by atoms with E-state index in [1.807, 2.05) is 54.6 Å². The maximum Gasteiger partial charge on any atom is 0.226 e. The van der Waals surface area contributed by atoms with Crippen LogP contribution < -0.4 is 15.4 Å². The van der Waals surface area contributed by atoms with E-state index < -0.39 is 0 Å². The van der Waals surface area contributed by atoms with Gasteiger partial charge in [-0.1, -0.05) is 30.3 Å². The standard InChI is InChI=1S/C20H22N4O2/c1-21-20(22-12-15-7-6-10-18(11-15)25-2)23-13-17-14-26-19(24-17)16-8-4-3-5-9-16/h3-11,14H,12-13H2,1-2H3,(H2,21,22,23). The fraction of sp³-hybridized carbons (Fsp3) is 0.200. The summed E-state index contributed by atoms with van der Waals surface area (Å²) < 4.78 is 10.8. The van der Waals surface area contributed by atoms with E-state index >= 15 is 0 Å². The van der Waals surface area contributed by atoms with Crippen molar-refractivity contribution in [1.82, 2.24) is 15.6 Å². The van der Waals surface area contributed by atoms with Crippen LogP contribution in [-0.2, 0) is 13.1 Å². The summed E-state index contributed by atoms with van der Waals surface area (Å²) in [5.74, 6) is 2.14. The predicted molar refractivity (Wildman–Crippen MR) is 102 cm³/mol. The second-order valence-electron chi connectivity index (χ2n) is 5.64. The molecule has 134 valence electrons. The minimum Gasteiger partial charge on any atom is -0.497 e. The van der Waals surface area contributed by atoms with Crippen molar-refractivity contribution in [3.8, 4) is 17.2 Å². The van der Waals surface area contributed by atoms with Crippen molar-refractivity contribution in [2.24, 2.45) is 4.99 Å². The number of aromatic nitrogens is 1. The highest BCUT2D eigenvalue weighted by Crippen LogP contribution is 2.17. The average molecular weight is 350 g/mol. The summed E-state index contributed by atoms with van der Waals surface area (Å²) in [6, 6.07) is 17.7. The second kappa shape index (κ2) is 8.71. The number of ether oxygens (including phenoxy) is 1. The molecule has 0 amide bonds. The van der Waals surface area contributed by atoms with Crippen LogP contribution in [0.3, 0.4) is 0 Å². The van der Waals surface area contributed by atoms with Crippen molar-refractivity contribution < 1.29 is 9.15 Å². The third-order valence-corrected chi connectivity index (χ3v) is 3.83. The summed E-state index contributed by atoms with van der Waals surface area (Å²) in [5.41, 5.74) is 2.88. The van der Waals surface area contributed by atoms with Crippen molar-refractivity contribution in [2.75, 3.05) is 14.2 Å². The zero-order chi connectivity index (χ0) is 18.2. The smallest absolute Gasteiger partial charge is 0.226 e. The number of aliphatic imine (C=N–C) groups is 1. The molecule has 3 rings (SSSR count). The maximum absolute atomic E-state index is 5.55. The van der Waals surface area contributed by atoms with Crippen LogP contribution in [0.4, 0.5) is 0 Å². The molecule has 2 N–H and O–H groups in total. The molecule has 0 atom stereocenters. The Balaban J connectivity index is 1.53. The van der Waals surface area contributed by atoms with Gasteiger partial charge in [-0.25, -0.2) is 4.98 Å². The van der Waals surface area contributed by atoms with Gasteiger partial charge in [0.15, 0.2) is 5.96 Å². The Kier molecular flexibility index (Phi) is 5.88. The zero-order valence-corrected chi connectivity index (χ0v) is 14.9. The summed E-state index contributed by atoms with van der Waals surface area (Å²) >= 11 is 0. The lowest BCUT2D eigenvalue weighted by molar-refractivity contribution is 0.414. The molecule has 3 aromatic rings. The SMILES string of the molecule is CN=C(NCc1cccc(OC)c1)NCc1coc(-c2ccccc2)n1. The van der Waals surface area contributed by atoms with Crippen LogP contribution >= 0.6 is 0 Å². The number of rotatable bonds is 6. The molecule has 0 saturated carbocycles. The van der Waals surface area contributed by atoms with Crippen molar-refractivity contribution in [3.05, 3.63) is 72.1 Å². The van der Waals surface area contributed by atoms with Crippen LogP contribution in [0.25, 0.3) is 11.5 Å². The molecule has 26 heavy (non-hydrogen) atoms. The van der Waals surface area contributed by atoms with Gasteiger partial charge in [-0.05, 0) is 29.8 Å². The van der Waals surface area contributed by atoms with Crippen molar-refractivity contribution in [3.63, 3.8) is 0 Å². The molecule has 0 fully saturated rings. The number of nitrogens with zero attached hydrogens (tertiary/aromatic N) is 2. The lowest BCUT2D eigenvalue weighted by atomic mass is 10.2. The molecular weight excluding hydrogens is 328 g/mol. The Morgan fingerprint density at radius 2 is 1.88 bits per heavy atom. The molecule has 0 aliphatic heterocycles. The fourth-order valence-electron chi connectivity index (χ4n) is 2.46. The summed E-state index contributed by atoms with van der Waals surface area (Å²) in [4.78, 5) is 8.73. The Bertz CT molecular complexity index is 859. The van der Waals surface area contributed by atoms with Gasteiger partial charge in [-0.2, -0.15) is 0 Å². The number of hydrogen-bond acceptors (Lipinski definition) is 4. The van der Waals surface area contributed by atoms with Gasteiger partial charge in [-0.15, -0.1) is 0 Å². The highest BCUT2D eigenvalue weighted by molar-refractivity contribution is 5.79. The highest BCUT2D eigenvalue weighted by Gasteiger charge is 2.07. The molecule has 0 unspecified atom stereocenters. The van der Waals surface area contributed by atoms with Gasteiger partial charge in [0.2, 0.25) is 5.89 Å². The van der Waals surface area contributed by atoms with E-state index in [9.17, 15) is 0 Å². The monoisotopic (exact) mass is 350 g/mol. The summed E-state index contributed by atoms with van der Waals surface area (Å²) in [6.45, 7) is 1.17. The molecular formula is C20H22N4O2. The van der Waals surface area contributed by atoms with E-state index in [0.717, 1.165) is 22.6 Å². The molecule has 0 spiro atoms. The Labute approximate surface area is 152 Å². The summed E-state index contributed by atoms with van der Waals surface area (Å²) in [6.07, 6.45) is 1.66. The molecule has 0 aliphatic rings. The maximum atomic E-state index is 5.55. The van der Waals surface area contributed by atoms with E-state index in [2.05, 4.69) is 20.6 Å². The Morgan fingerprint density at radius 1 is 1.08 bits per heavy atom. The predicted octanol–water partition coefficient (Wildman–Crippen LogP) is 3.22. The number of hydrogen-bond donors (Lipinski definition) is 2. The second-order valence-corrected chi connectivity index (χ2v) is 5.64. The van der Waals surface area contributed by atoms with Gasteiger partial charge in [0.05, 0.1) is 19.3 Å². The van der Waals surface area contributed by atoms with Crippen LogP contribution in [-0.4, -0.2) is 25.1 Å². The van der Waals surface area contributed by atoms with Crippen LogP contribution in [0, 0.1) is 0 Å². The van der Waals surface area contributed by atoms with Gasteiger partial charge in [0.1, 0.15) is 12.0 Å². The molecule has 0 radical (unpaired) electrons. The molecule has 2 aromatic carbocycles. The Hall–Kier alpha value is -3.28. The van der Waals surface area contributed by atoms with Gasteiger partial charge < -0.3 is 19.8 Å². The lowest BCUT2D eigenvalue weighted by Crippen LogP contribution is -2.36. The first-order valence-corrected chi connectivity index (χ1v) is 8.36. The number of oxazole rings is 1. The quantitative estimate of drug-likeness (QED) is 0.528. The molecule has 1 aromatic heterocycles. The van der Waals surface area contributed by atoms with E-state index in [-0.39, 0.29) is 0 Å². The van der Waals surface area contributed by atoms with E-state index in [1.54, 1.807) is 20.4 Å².